The summed E-state index contributed by atoms with van der Waals surface area (Å²) in [6.45, 7) is 0.119. The molecule has 5 aromatic rings. The molecule has 188 valence electrons. The van der Waals surface area contributed by atoms with Gasteiger partial charge in [0.2, 0.25) is 5.71 Å². The normalized spacial score (nSPS) is 11.6. The van der Waals surface area contributed by atoms with Crippen LogP contribution in [0.3, 0.4) is 0 Å². The topological polar surface area (TPSA) is 96.7 Å². The number of anilines is 1. The number of nitrogens with zero attached hydrogens (tertiary/aromatic N) is 3. The first-order valence-electron chi connectivity index (χ1n) is 11.9. The van der Waals surface area contributed by atoms with E-state index < -0.39 is 11.5 Å². The second-order valence-corrected chi connectivity index (χ2v) is 9.24. The molecular formula is C30H24N4O3S. The van der Waals surface area contributed by atoms with E-state index in [1.807, 2.05) is 54.6 Å². The van der Waals surface area contributed by atoms with Crippen LogP contribution in [0.1, 0.15) is 27.9 Å². The van der Waals surface area contributed by atoms with Gasteiger partial charge in [0.25, 0.3) is 0 Å². The number of hydrogen-bond acceptors (Lipinski definition) is 7. The molecule has 3 aromatic carbocycles. The van der Waals surface area contributed by atoms with Gasteiger partial charge in [-0.1, -0.05) is 96.2 Å². The van der Waals surface area contributed by atoms with Gasteiger partial charge in [0.05, 0.1) is 0 Å². The van der Waals surface area contributed by atoms with Crippen molar-refractivity contribution in [1.82, 2.24) is 9.97 Å². The molecule has 0 bridgehead atoms. The van der Waals surface area contributed by atoms with Crippen LogP contribution in [0.5, 0.6) is 0 Å². The molecule has 7 nitrogen and oxygen atoms in total. The summed E-state index contributed by atoms with van der Waals surface area (Å²) >= 11 is 1.31. The molecule has 0 fully saturated rings. The molecule has 0 amide bonds. The molecule has 8 heteroatoms. The van der Waals surface area contributed by atoms with Crippen LogP contribution in [0.25, 0.3) is 0 Å². The van der Waals surface area contributed by atoms with Crippen molar-refractivity contribution in [2.24, 2.45) is 5.16 Å². The van der Waals surface area contributed by atoms with Crippen molar-refractivity contribution in [1.29, 1.82) is 0 Å². The van der Waals surface area contributed by atoms with Crippen molar-refractivity contribution < 1.29 is 14.7 Å². The summed E-state index contributed by atoms with van der Waals surface area (Å²) in [5.74, 6) is -1.22. The minimum atomic E-state index is -1.22. The highest BCUT2D eigenvalue weighted by Gasteiger charge is 2.37. The van der Waals surface area contributed by atoms with E-state index >= 15 is 0 Å². The SMILES string of the molecule is O=C(O)C(=NOCc1ccncc1)c1csc(NC(c2ccccc2)(c2ccccc2)c2ccccc2)n1. The van der Waals surface area contributed by atoms with Gasteiger partial charge in [-0.3, -0.25) is 4.98 Å². The highest BCUT2D eigenvalue weighted by Crippen LogP contribution is 2.40. The quantitative estimate of drug-likeness (QED) is 0.134. The second kappa shape index (κ2) is 11.5. The zero-order valence-electron chi connectivity index (χ0n) is 20.3. The second-order valence-electron chi connectivity index (χ2n) is 8.38. The fourth-order valence-corrected chi connectivity index (χ4v) is 4.98. The van der Waals surface area contributed by atoms with E-state index in [-0.39, 0.29) is 18.0 Å². The summed E-state index contributed by atoms with van der Waals surface area (Å²) in [4.78, 5) is 25.9. The van der Waals surface area contributed by atoms with Crippen LogP contribution >= 0.6 is 11.3 Å². The Morgan fingerprint density at radius 2 is 1.37 bits per heavy atom. The molecule has 0 atom stereocenters. The van der Waals surface area contributed by atoms with E-state index in [4.69, 9.17) is 4.84 Å². The lowest BCUT2D eigenvalue weighted by Gasteiger charge is -2.36. The van der Waals surface area contributed by atoms with E-state index in [9.17, 15) is 9.90 Å². The minimum absolute atomic E-state index is 0.119. The third-order valence-corrected chi connectivity index (χ3v) is 6.76. The molecular weight excluding hydrogens is 496 g/mol. The Morgan fingerprint density at radius 3 is 1.87 bits per heavy atom. The Kier molecular flexibility index (Phi) is 7.52. The third kappa shape index (κ3) is 5.30. The zero-order valence-corrected chi connectivity index (χ0v) is 21.1. The molecule has 0 aliphatic rings. The fraction of sp³-hybridized carbons (Fsp3) is 0.0667. The standard InChI is InChI=1S/C30H24N4O3S/c35-28(36)27(34-37-20-22-16-18-31-19-17-22)26-21-38-29(32-26)33-30(23-10-4-1-5-11-23,24-12-6-2-7-13-24)25-14-8-3-9-15-25/h1-19,21H,20H2,(H,32,33)(H,35,36). The number of oxime groups is 1. The first-order chi connectivity index (χ1) is 18.7. The molecule has 0 radical (unpaired) electrons. The van der Waals surface area contributed by atoms with Gasteiger partial charge in [-0.2, -0.15) is 0 Å². The van der Waals surface area contributed by atoms with Crippen molar-refractivity contribution in [2.45, 2.75) is 12.1 Å². The van der Waals surface area contributed by atoms with Crippen molar-refractivity contribution in [3.63, 3.8) is 0 Å². The van der Waals surface area contributed by atoms with Gasteiger partial charge in [-0.05, 0) is 34.4 Å². The van der Waals surface area contributed by atoms with Crippen molar-refractivity contribution in [2.75, 3.05) is 5.32 Å². The zero-order chi connectivity index (χ0) is 26.2. The Morgan fingerprint density at radius 1 is 0.842 bits per heavy atom. The number of aromatic nitrogens is 2. The molecule has 5 rings (SSSR count). The van der Waals surface area contributed by atoms with E-state index in [1.165, 1.54) is 11.3 Å². The smallest absolute Gasteiger partial charge is 0.360 e. The summed E-state index contributed by atoms with van der Waals surface area (Å²) in [5, 5.41) is 19.6. The number of pyridine rings is 1. The van der Waals surface area contributed by atoms with Crippen molar-refractivity contribution in [3.05, 3.63) is 149 Å². The van der Waals surface area contributed by atoms with Gasteiger partial charge in [0, 0.05) is 17.8 Å². The largest absolute Gasteiger partial charge is 0.476 e. The lowest BCUT2D eigenvalue weighted by molar-refractivity contribution is -0.129. The van der Waals surface area contributed by atoms with Gasteiger partial charge in [0.15, 0.2) is 5.13 Å². The number of thiazole rings is 1. The van der Waals surface area contributed by atoms with Crippen LogP contribution in [0, 0.1) is 0 Å². The molecule has 2 N–H and O–H groups in total. The molecule has 0 unspecified atom stereocenters. The van der Waals surface area contributed by atoms with Crippen LogP contribution in [0.15, 0.2) is 126 Å². The first kappa shape index (κ1) is 24.9. The van der Waals surface area contributed by atoms with E-state index in [2.05, 4.69) is 56.8 Å². The van der Waals surface area contributed by atoms with Gasteiger partial charge >= 0.3 is 5.97 Å². The Hall–Kier alpha value is -4.82. The number of rotatable bonds is 10. The summed E-state index contributed by atoms with van der Waals surface area (Å²) in [7, 11) is 0. The summed E-state index contributed by atoms with van der Waals surface area (Å²) < 4.78 is 0. The Balaban J connectivity index is 1.53. The predicted octanol–water partition coefficient (Wildman–Crippen LogP) is 5.95. The number of carbonyl (C=O) groups is 1. The van der Waals surface area contributed by atoms with E-state index in [0.29, 0.717) is 5.13 Å². The van der Waals surface area contributed by atoms with Gasteiger partial charge < -0.3 is 15.3 Å². The first-order valence-corrected chi connectivity index (χ1v) is 12.8. The number of aliphatic carboxylic acids is 1. The van der Waals surface area contributed by atoms with Gasteiger partial charge in [0.1, 0.15) is 17.8 Å². The molecule has 2 aromatic heterocycles. The third-order valence-electron chi connectivity index (χ3n) is 6.00. The number of hydrogen-bond donors (Lipinski definition) is 2. The monoisotopic (exact) mass is 520 g/mol. The molecule has 2 heterocycles. The highest BCUT2D eigenvalue weighted by atomic mass is 32.1. The molecule has 0 aliphatic heterocycles. The van der Waals surface area contributed by atoms with Crippen LogP contribution in [0.4, 0.5) is 5.13 Å². The van der Waals surface area contributed by atoms with Crippen LogP contribution in [-0.2, 0) is 21.8 Å². The lowest BCUT2D eigenvalue weighted by Crippen LogP contribution is -2.38. The van der Waals surface area contributed by atoms with E-state index in [1.54, 1.807) is 29.9 Å². The average Bonchev–Trinajstić information content (AvgIpc) is 3.43. The molecule has 38 heavy (non-hydrogen) atoms. The predicted molar refractivity (Wildman–Crippen MR) is 148 cm³/mol. The fourth-order valence-electron chi connectivity index (χ4n) is 4.23. The molecule has 0 saturated heterocycles. The van der Waals surface area contributed by atoms with Crippen molar-refractivity contribution >= 4 is 28.1 Å². The Labute approximate surface area is 224 Å². The highest BCUT2D eigenvalue weighted by molar-refractivity contribution is 7.14. The number of carboxylic acid groups (broad SMARTS) is 1. The van der Waals surface area contributed by atoms with Gasteiger partial charge in [-0.25, -0.2) is 9.78 Å². The van der Waals surface area contributed by atoms with Gasteiger partial charge in [-0.15, -0.1) is 11.3 Å². The minimum Gasteiger partial charge on any atom is -0.476 e. The lowest BCUT2D eigenvalue weighted by atomic mass is 9.77. The molecule has 0 spiro atoms. The van der Waals surface area contributed by atoms with Crippen LogP contribution in [0.2, 0.25) is 0 Å². The summed E-state index contributed by atoms with van der Waals surface area (Å²) in [6.07, 6.45) is 3.27. The Bertz CT molecular complexity index is 1410. The van der Waals surface area contributed by atoms with Crippen LogP contribution < -0.4 is 5.32 Å². The summed E-state index contributed by atoms with van der Waals surface area (Å²) in [5.41, 5.74) is 3.03. The van der Waals surface area contributed by atoms with Crippen molar-refractivity contribution in [3.8, 4) is 0 Å². The maximum Gasteiger partial charge on any atom is 0.360 e. The number of benzene rings is 3. The maximum absolute atomic E-state index is 12.0. The molecule has 0 aliphatic carbocycles. The van der Waals surface area contributed by atoms with E-state index in [0.717, 1.165) is 22.3 Å². The maximum atomic E-state index is 12.0. The number of nitrogens with one attached hydrogen (secondary N) is 1. The van der Waals surface area contributed by atoms with Crippen LogP contribution in [-0.4, -0.2) is 26.8 Å². The average molecular weight is 521 g/mol. The molecule has 0 saturated carbocycles. The number of carboxylic acids is 1. The summed E-state index contributed by atoms with van der Waals surface area (Å²) in [6, 6.07) is 33.9.